The van der Waals surface area contributed by atoms with Crippen LogP contribution in [0.15, 0.2) is 131 Å². The van der Waals surface area contributed by atoms with Crippen LogP contribution < -0.4 is 18.9 Å². The fraction of sp³-hybridized carbons (Fsp3) is 0.296. The van der Waals surface area contributed by atoms with Gasteiger partial charge >= 0.3 is 0 Å². The molecule has 4 nitrogen and oxygen atoms in total. The van der Waals surface area contributed by atoms with E-state index < -0.39 is 21.7 Å². The largest absolute Gasteiger partial charge is 0.497 e. The molecule has 4 aromatic carbocycles. The minimum Gasteiger partial charge on any atom is -0.497 e. The molecule has 0 aliphatic rings. The number of methoxy groups -OCH3 is 4. The molecule has 294 valence electrons. The van der Waals surface area contributed by atoms with E-state index in [1.165, 1.54) is 0 Å². The van der Waals surface area contributed by atoms with Crippen LogP contribution in [0, 0.1) is 48.4 Å². The smallest absolute Gasteiger partial charge is 0.118 e. The van der Waals surface area contributed by atoms with E-state index >= 15 is 0 Å². The van der Waals surface area contributed by atoms with Gasteiger partial charge in [-0.05, 0) is 94.5 Å². The van der Waals surface area contributed by atoms with Gasteiger partial charge < -0.3 is 18.9 Å². The highest BCUT2D eigenvalue weighted by molar-refractivity contribution is 5.56. The third-order valence-electron chi connectivity index (χ3n) is 11.0. The van der Waals surface area contributed by atoms with Crippen LogP contribution in [-0.4, -0.2) is 28.4 Å². The normalized spacial score (nSPS) is 11.0. The third kappa shape index (κ3) is 9.83. The first-order valence-corrected chi connectivity index (χ1v) is 19.1. The summed E-state index contributed by atoms with van der Waals surface area (Å²) < 4.78 is 21.7. The molecule has 4 heteroatoms. The van der Waals surface area contributed by atoms with Gasteiger partial charge in [0.15, 0.2) is 0 Å². The van der Waals surface area contributed by atoms with E-state index in [1.807, 2.05) is 97.1 Å². The summed E-state index contributed by atoms with van der Waals surface area (Å²) in [6.07, 6.45) is 12.5. The van der Waals surface area contributed by atoms with Crippen LogP contribution in [0.25, 0.3) is 0 Å². The van der Waals surface area contributed by atoms with Crippen molar-refractivity contribution in [3.63, 3.8) is 0 Å². The molecule has 58 heavy (non-hydrogen) atoms. The summed E-state index contributed by atoms with van der Waals surface area (Å²) in [6, 6.07) is 31.7. The van der Waals surface area contributed by atoms with Crippen molar-refractivity contribution in [3.05, 3.63) is 153 Å². The second kappa shape index (κ2) is 18.5. The SMILES string of the molecule is C#CC(=C=C(C#CC#CC(=C=C(C#C)C(C)(C)c1ccc(OC)cc1)C(C)(C)c1ccc(OC)cc1)C(C)(C)c1ccc(OC)cc1)C(C)(C)c1ccc(OC)cc1. The Morgan fingerprint density at radius 3 is 0.759 bits per heavy atom. The lowest BCUT2D eigenvalue weighted by molar-refractivity contribution is 0.414. The Labute approximate surface area is 347 Å². The molecule has 0 N–H and O–H groups in total. The molecule has 0 unspecified atom stereocenters. The molecule has 0 saturated heterocycles. The Morgan fingerprint density at radius 1 is 0.362 bits per heavy atom. The summed E-state index contributed by atoms with van der Waals surface area (Å²) in [7, 11) is 6.60. The lowest BCUT2D eigenvalue weighted by Crippen LogP contribution is -2.22. The van der Waals surface area contributed by atoms with E-state index in [0.717, 1.165) is 45.3 Å². The van der Waals surface area contributed by atoms with E-state index in [1.54, 1.807) is 28.4 Å². The van der Waals surface area contributed by atoms with Crippen LogP contribution in [0.2, 0.25) is 0 Å². The summed E-state index contributed by atoms with van der Waals surface area (Å²) in [5, 5.41) is 0. The van der Waals surface area contributed by atoms with Gasteiger partial charge in [-0.3, -0.25) is 0 Å². The summed E-state index contributed by atoms with van der Waals surface area (Å²) in [4.78, 5) is 0. The highest BCUT2D eigenvalue weighted by Crippen LogP contribution is 2.38. The van der Waals surface area contributed by atoms with Crippen LogP contribution in [0.4, 0.5) is 0 Å². The Hall–Kier alpha value is -6.64. The summed E-state index contributed by atoms with van der Waals surface area (Å²) >= 11 is 0. The molecule has 0 aliphatic heterocycles. The van der Waals surface area contributed by atoms with E-state index in [9.17, 15) is 0 Å². The Morgan fingerprint density at radius 2 is 0.569 bits per heavy atom. The molecule has 0 fully saturated rings. The van der Waals surface area contributed by atoms with E-state index in [4.69, 9.17) is 31.8 Å². The van der Waals surface area contributed by atoms with E-state index in [-0.39, 0.29) is 0 Å². The van der Waals surface area contributed by atoms with Crippen molar-refractivity contribution in [1.29, 1.82) is 0 Å². The van der Waals surface area contributed by atoms with Crippen molar-refractivity contribution in [2.45, 2.75) is 77.0 Å². The second-order valence-corrected chi connectivity index (χ2v) is 16.0. The van der Waals surface area contributed by atoms with Gasteiger partial charge in [-0.15, -0.1) is 12.8 Å². The molecule has 0 amide bonds. The first kappa shape index (κ1) is 44.1. The molecule has 0 heterocycles. The van der Waals surface area contributed by atoms with Crippen LogP contribution in [0.3, 0.4) is 0 Å². The fourth-order valence-corrected chi connectivity index (χ4v) is 6.48. The van der Waals surface area contributed by atoms with Crippen molar-refractivity contribution in [2.24, 2.45) is 0 Å². The predicted octanol–water partition coefficient (Wildman–Crippen LogP) is 11.1. The number of ether oxygens (including phenoxy) is 4. The fourth-order valence-electron chi connectivity index (χ4n) is 6.48. The lowest BCUT2D eigenvalue weighted by Gasteiger charge is -2.27. The average Bonchev–Trinajstić information content (AvgIpc) is 3.24. The Kier molecular flexibility index (Phi) is 14.1. The van der Waals surface area contributed by atoms with E-state index in [0.29, 0.717) is 22.3 Å². The number of rotatable bonds is 12. The minimum atomic E-state index is -0.612. The zero-order valence-electron chi connectivity index (χ0n) is 36.0. The van der Waals surface area contributed by atoms with E-state index in [2.05, 4.69) is 102 Å². The van der Waals surface area contributed by atoms with Crippen molar-refractivity contribution < 1.29 is 18.9 Å². The summed E-state index contributed by atoms with van der Waals surface area (Å²) in [5.41, 5.74) is 11.6. The van der Waals surface area contributed by atoms with Gasteiger partial charge in [0.1, 0.15) is 23.0 Å². The van der Waals surface area contributed by atoms with Gasteiger partial charge in [0.25, 0.3) is 0 Å². The number of terminal acetylenes is 2. The van der Waals surface area contributed by atoms with Gasteiger partial charge in [-0.2, -0.15) is 0 Å². The first-order chi connectivity index (χ1) is 27.5. The number of allylic oxidation sites excluding steroid dienone is 2. The van der Waals surface area contributed by atoms with Crippen molar-refractivity contribution >= 4 is 0 Å². The molecule has 0 saturated carbocycles. The zero-order valence-corrected chi connectivity index (χ0v) is 36.0. The van der Waals surface area contributed by atoms with Crippen LogP contribution >= 0.6 is 0 Å². The Bertz CT molecular complexity index is 2260. The molecule has 0 aromatic heterocycles. The standard InChI is InChI=1S/C54H54O4/c1-15-39(51(3,4)41-21-29-47(55-11)30-22-41)37-45(53(7,8)43-25-33-49(57-13)34-26-43)19-17-18-20-46(54(9,10)44-27-35-50(58-14)36-28-44)38-40(16-2)52(5,6)42-23-31-48(56-12)32-24-42/h1-2,21-36H,3-14H3. The van der Waals surface area contributed by atoms with Crippen molar-refractivity contribution in [1.82, 2.24) is 0 Å². The molecule has 4 aromatic rings. The van der Waals surface area contributed by atoms with Gasteiger partial charge in [0.2, 0.25) is 0 Å². The number of hydrogen-bond acceptors (Lipinski definition) is 4. The summed E-state index contributed by atoms with van der Waals surface area (Å²) in [5.74, 6) is 22.1. The highest BCUT2D eigenvalue weighted by Gasteiger charge is 2.31. The quantitative estimate of drug-likeness (QED) is 0.106. The molecular formula is C54H54O4. The maximum Gasteiger partial charge on any atom is 0.118 e. The molecule has 4 rings (SSSR count). The minimum absolute atomic E-state index is 0.568. The van der Waals surface area contributed by atoms with Crippen LogP contribution in [0.1, 0.15) is 77.6 Å². The lowest BCUT2D eigenvalue weighted by atomic mass is 9.74. The maximum atomic E-state index is 6.26. The molecular weight excluding hydrogens is 713 g/mol. The zero-order chi connectivity index (χ0) is 42.7. The van der Waals surface area contributed by atoms with Crippen molar-refractivity contribution in [3.8, 4) is 71.4 Å². The monoisotopic (exact) mass is 766 g/mol. The van der Waals surface area contributed by atoms with Gasteiger partial charge in [0, 0.05) is 21.7 Å². The number of hydrogen-bond donors (Lipinski definition) is 0. The highest BCUT2D eigenvalue weighted by atomic mass is 16.5. The third-order valence-corrected chi connectivity index (χ3v) is 11.0. The van der Waals surface area contributed by atoms with Crippen LogP contribution in [-0.2, 0) is 21.7 Å². The van der Waals surface area contributed by atoms with Gasteiger partial charge in [-0.25, -0.2) is 0 Å². The van der Waals surface area contributed by atoms with Crippen molar-refractivity contribution in [2.75, 3.05) is 28.4 Å². The summed E-state index contributed by atoms with van der Waals surface area (Å²) in [6.45, 7) is 16.8. The average molecular weight is 767 g/mol. The van der Waals surface area contributed by atoms with Gasteiger partial charge in [-0.1, -0.05) is 127 Å². The molecule has 0 aliphatic carbocycles. The second-order valence-electron chi connectivity index (χ2n) is 16.0. The van der Waals surface area contributed by atoms with Gasteiger partial charge in [0.05, 0.1) is 50.7 Å². The Balaban J connectivity index is 2.00. The maximum absolute atomic E-state index is 6.26. The molecule has 0 radical (unpaired) electrons. The first-order valence-electron chi connectivity index (χ1n) is 19.1. The molecule has 0 atom stereocenters. The molecule has 0 spiro atoms. The van der Waals surface area contributed by atoms with Crippen LogP contribution in [0.5, 0.6) is 23.0 Å². The number of benzene rings is 4. The molecule has 0 bridgehead atoms. The predicted molar refractivity (Wildman–Crippen MR) is 238 cm³/mol. The topological polar surface area (TPSA) is 36.9 Å².